The molecule has 1 saturated heterocycles. The standard InChI is InChI=1S/C13H10FN2O4.K/c14-9-3-1-2-8(6-9)13(20)16(7-17)10-4-5-11(18)15-12(10)19;/h1,3,6-7,10H,4-5H2,(H,15,18,19);/q-1;+1. The predicted molar refractivity (Wildman–Crippen MR) is 63.6 cm³/mol. The van der Waals surface area contributed by atoms with Gasteiger partial charge in [0, 0.05) is 12.2 Å². The van der Waals surface area contributed by atoms with E-state index in [0.29, 0.717) is 4.90 Å². The summed E-state index contributed by atoms with van der Waals surface area (Å²) in [5.41, 5.74) is -0.165. The number of nitrogens with one attached hydrogen (secondary N) is 1. The molecule has 1 aromatic rings. The average Bonchev–Trinajstić information content (AvgIpc) is 2.41. The number of rotatable bonds is 3. The molecule has 1 heterocycles. The molecule has 1 unspecified atom stereocenters. The third kappa shape index (κ3) is 4.27. The van der Waals surface area contributed by atoms with Crippen molar-refractivity contribution >= 4 is 24.1 Å². The maximum absolute atomic E-state index is 13.1. The number of imide groups is 2. The van der Waals surface area contributed by atoms with Gasteiger partial charge in [0.25, 0.3) is 0 Å². The van der Waals surface area contributed by atoms with E-state index in [1.807, 2.05) is 5.32 Å². The zero-order valence-electron chi connectivity index (χ0n) is 11.3. The van der Waals surface area contributed by atoms with Crippen LogP contribution in [0.4, 0.5) is 4.39 Å². The Labute approximate surface area is 162 Å². The Morgan fingerprint density at radius 1 is 1.48 bits per heavy atom. The summed E-state index contributed by atoms with van der Waals surface area (Å²) in [4.78, 5) is 46.5. The summed E-state index contributed by atoms with van der Waals surface area (Å²) in [6.07, 6.45) is 0.270. The van der Waals surface area contributed by atoms with E-state index in [2.05, 4.69) is 6.07 Å². The number of carbonyl (C=O) groups excluding carboxylic acids is 4. The summed E-state index contributed by atoms with van der Waals surface area (Å²) in [5.74, 6) is -2.67. The Kier molecular flexibility index (Phi) is 6.82. The molecule has 1 aliphatic rings. The van der Waals surface area contributed by atoms with Crippen LogP contribution in [0.3, 0.4) is 0 Å². The molecule has 1 N–H and O–H groups in total. The van der Waals surface area contributed by atoms with Crippen molar-refractivity contribution in [3.63, 3.8) is 0 Å². The van der Waals surface area contributed by atoms with Crippen LogP contribution in [0, 0.1) is 11.9 Å². The first-order valence-electron chi connectivity index (χ1n) is 5.82. The van der Waals surface area contributed by atoms with Gasteiger partial charge >= 0.3 is 51.4 Å². The normalized spacial score (nSPS) is 17.5. The van der Waals surface area contributed by atoms with Crippen LogP contribution in [-0.2, 0) is 14.4 Å². The number of hydrogen-bond acceptors (Lipinski definition) is 4. The zero-order chi connectivity index (χ0) is 14.7. The van der Waals surface area contributed by atoms with Crippen LogP contribution in [-0.4, -0.2) is 35.1 Å². The predicted octanol–water partition coefficient (Wildman–Crippen LogP) is -2.97. The molecule has 21 heavy (non-hydrogen) atoms. The van der Waals surface area contributed by atoms with E-state index < -0.39 is 29.6 Å². The molecule has 1 aromatic carbocycles. The first-order valence-corrected chi connectivity index (χ1v) is 5.82. The third-order valence-corrected chi connectivity index (χ3v) is 2.89. The SMILES string of the molecule is O=CN(C(=O)c1[c-]ccc(F)c1)C1CCC(=O)NC1=O.[K+]. The number of carbonyl (C=O) groups is 4. The minimum Gasteiger partial charge on any atom is -0.327 e. The number of halogens is 1. The third-order valence-electron chi connectivity index (χ3n) is 2.89. The largest absolute Gasteiger partial charge is 1.00 e. The van der Waals surface area contributed by atoms with Gasteiger partial charge in [0.15, 0.2) is 5.91 Å². The van der Waals surface area contributed by atoms with Crippen molar-refractivity contribution in [1.82, 2.24) is 10.2 Å². The van der Waals surface area contributed by atoms with E-state index in [1.54, 1.807) is 0 Å². The quantitative estimate of drug-likeness (QED) is 0.279. The van der Waals surface area contributed by atoms with Crippen LogP contribution in [0.25, 0.3) is 0 Å². The first-order chi connectivity index (χ1) is 9.52. The second-order valence-corrected chi connectivity index (χ2v) is 4.21. The Morgan fingerprint density at radius 2 is 2.19 bits per heavy atom. The summed E-state index contributed by atoms with van der Waals surface area (Å²) >= 11 is 0. The molecule has 0 aromatic heterocycles. The van der Waals surface area contributed by atoms with Crippen molar-refractivity contribution in [2.75, 3.05) is 0 Å². The van der Waals surface area contributed by atoms with Gasteiger partial charge in [0.2, 0.25) is 18.2 Å². The van der Waals surface area contributed by atoms with Crippen molar-refractivity contribution in [3.05, 3.63) is 35.6 Å². The Balaban J connectivity index is 0.00000220. The number of amides is 4. The molecule has 1 fully saturated rings. The van der Waals surface area contributed by atoms with Crippen molar-refractivity contribution in [2.45, 2.75) is 18.9 Å². The van der Waals surface area contributed by atoms with Gasteiger partial charge in [-0.3, -0.25) is 19.7 Å². The molecule has 6 nitrogen and oxygen atoms in total. The molecular weight excluding hydrogens is 306 g/mol. The van der Waals surface area contributed by atoms with E-state index in [9.17, 15) is 23.6 Å². The van der Waals surface area contributed by atoms with E-state index >= 15 is 0 Å². The van der Waals surface area contributed by atoms with E-state index in [-0.39, 0.29) is 76.2 Å². The van der Waals surface area contributed by atoms with Crippen molar-refractivity contribution in [1.29, 1.82) is 0 Å². The maximum Gasteiger partial charge on any atom is 1.00 e. The summed E-state index contributed by atoms with van der Waals surface area (Å²) < 4.78 is 13.1. The van der Waals surface area contributed by atoms with Crippen LogP contribution in [0.1, 0.15) is 23.2 Å². The van der Waals surface area contributed by atoms with Gasteiger partial charge in [0.1, 0.15) is 6.04 Å². The topological polar surface area (TPSA) is 83.6 Å². The molecule has 0 aliphatic carbocycles. The van der Waals surface area contributed by atoms with Crippen LogP contribution >= 0.6 is 0 Å². The maximum atomic E-state index is 13.1. The van der Waals surface area contributed by atoms with Crippen LogP contribution in [0.15, 0.2) is 18.2 Å². The summed E-state index contributed by atoms with van der Waals surface area (Å²) in [6, 6.07) is 4.65. The minimum atomic E-state index is -1.07. The minimum absolute atomic E-state index is 0. The molecule has 2 rings (SSSR count). The van der Waals surface area contributed by atoms with Gasteiger partial charge in [-0.15, -0.1) is 24.3 Å². The molecule has 0 saturated carbocycles. The molecule has 0 radical (unpaired) electrons. The fourth-order valence-corrected chi connectivity index (χ4v) is 1.91. The Hall–Kier alpha value is -0.934. The average molecular weight is 316 g/mol. The van der Waals surface area contributed by atoms with Crippen LogP contribution < -0.4 is 56.7 Å². The molecule has 1 aliphatic heterocycles. The van der Waals surface area contributed by atoms with Crippen molar-refractivity contribution in [2.24, 2.45) is 0 Å². The number of nitrogens with zero attached hydrogens (tertiary/aromatic N) is 1. The van der Waals surface area contributed by atoms with Crippen molar-refractivity contribution in [3.8, 4) is 0 Å². The summed E-state index contributed by atoms with van der Waals surface area (Å²) in [7, 11) is 0. The van der Waals surface area contributed by atoms with Gasteiger partial charge in [-0.2, -0.15) is 0 Å². The molecule has 8 heteroatoms. The molecular formula is C13H10FKN2O4. The van der Waals surface area contributed by atoms with E-state index in [4.69, 9.17) is 0 Å². The molecule has 104 valence electrons. The zero-order valence-corrected chi connectivity index (χ0v) is 14.4. The molecule has 4 amide bonds. The molecule has 1 atom stereocenters. The van der Waals surface area contributed by atoms with Crippen LogP contribution in [0.2, 0.25) is 0 Å². The van der Waals surface area contributed by atoms with Crippen molar-refractivity contribution < 1.29 is 75.0 Å². The van der Waals surface area contributed by atoms with Gasteiger partial charge in [-0.1, -0.05) is 5.56 Å². The van der Waals surface area contributed by atoms with E-state index in [1.165, 1.54) is 6.07 Å². The number of piperidine rings is 1. The molecule has 0 spiro atoms. The van der Waals surface area contributed by atoms with Crippen LogP contribution in [0.5, 0.6) is 0 Å². The second-order valence-electron chi connectivity index (χ2n) is 4.21. The summed E-state index contributed by atoms with van der Waals surface area (Å²) in [5, 5.41) is 2.05. The van der Waals surface area contributed by atoms with Gasteiger partial charge in [0.05, 0.1) is 0 Å². The van der Waals surface area contributed by atoms with Gasteiger partial charge in [-0.25, -0.2) is 4.39 Å². The monoisotopic (exact) mass is 316 g/mol. The Morgan fingerprint density at radius 3 is 2.76 bits per heavy atom. The fraction of sp³-hybridized carbons (Fsp3) is 0.231. The number of hydrogen-bond donors (Lipinski definition) is 1. The number of benzene rings is 1. The first kappa shape index (κ1) is 18.1. The molecule has 0 bridgehead atoms. The van der Waals surface area contributed by atoms with Gasteiger partial charge < -0.3 is 9.69 Å². The Bertz CT molecular complexity index is 593. The smallest absolute Gasteiger partial charge is 0.327 e. The summed E-state index contributed by atoms with van der Waals surface area (Å²) in [6.45, 7) is 0. The fourth-order valence-electron chi connectivity index (χ4n) is 1.91. The second kappa shape index (κ2) is 7.90. The van der Waals surface area contributed by atoms with Gasteiger partial charge in [-0.05, 0) is 6.42 Å². The van der Waals surface area contributed by atoms with E-state index in [0.717, 1.165) is 12.1 Å².